The van der Waals surface area contributed by atoms with Crippen LogP contribution in [0.5, 0.6) is 0 Å². The number of carboxylic acid groups (broad SMARTS) is 1. The largest absolute Gasteiger partial charge is 0.481 e. The Balaban J connectivity index is 3.04. The van der Waals surface area contributed by atoms with Crippen LogP contribution in [0.4, 0.5) is 0 Å². The molecule has 1 rings (SSSR count). The van der Waals surface area contributed by atoms with Crippen molar-refractivity contribution in [3.63, 3.8) is 0 Å². The van der Waals surface area contributed by atoms with Gasteiger partial charge in [0.15, 0.2) is 0 Å². The van der Waals surface area contributed by atoms with E-state index in [1.54, 1.807) is 6.07 Å². The Morgan fingerprint density at radius 3 is 2.47 bits per heavy atom. The fraction of sp³-hybridized carbons (Fsp3) is 0.300. The van der Waals surface area contributed by atoms with Crippen molar-refractivity contribution in [1.82, 2.24) is 0 Å². The normalized spacial score (nSPS) is 14.7. The number of rotatable bonds is 3. The molecule has 1 aromatic rings. The molecule has 0 amide bonds. The number of halogens is 2. The van der Waals surface area contributed by atoms with Crippen molar-refractivity contribution in [3.05, 3.63) is 33.8 Å². The van der Waals surface area contributed by atoms with Gasteiger partial charge >= 0.3 is 5.97 Å². The van der Waals surface area contributed by atoms with Crippen molar-refractivity contribution >= 4 is 29.2 Å². The molecule has 0 spiro atoms. The van der Waals surface area contributed by atoms with Gasteiger partial charge in [-0.15, -0.1) is 0 Å². The third kappa shape index (κ3) is 3.09. The molecule has 1 aromatic carbocycles. The zero-order valence-electron chi connectivity index (χ0n) is 8.00. The lowest BCUT2D eigenvalue weighted by atomic mass is 9.93. The van der Waals surface area contributed by atoms with Gasteiger partial charge in [0, 0.05) is 0 Å². The van der Waals surface area contributed by atoms with E-state index >= 15 is 0 Å². The van der Waals surface area contributed by atoms with E-state index in [1.165, 1.54) is 19.1 Å². The van der Waals surface area contributed by atoms with Gasteiger partial charge in [-0.25, -0.2) is 0 Å². The number of aliphatic carboxylic acids is 1. The number of hydrogen-bond acceptors (Lipinski definition) is 2. The van der Waals surface area contributed by atoms with Crippen molar-refractivity contribution in [1.29, 1.82) is 0 Å². The molecule has 0 heterocycles. The summed E-state index contributed by atoms with van der Waals surface area (Å²) in [7, 11) is 0. The summed E-state index contributed by atoms with van der Waals surface area (Å²) < 4.78 is 0. The van der Waals surface area contributed by atoms with E-state index in [9.17, 15) is 9.90 Å². The van der Waals surface area contributed by atoms with Gasteiger partial charge in [-0.05, 0) is 24.6 Å². The number of hydrogen-bond donors (Lipinski definition) is 2. The van der Waals surface area contributed by atoms with Crippen molar-refractivity contribution in [2.45, 2.75) is 18.9 Å². The first-order valence-corrected chi connectivity index (χ1v) is 4.98. The Morgan fingerprint density at radius 1 is 1.40 bits per heavy atom. The predicted octanol–water partition coefficient (Wildman–Crippen LogP) is 2.68. The smallest absolute Gasteiger partial charge is 0.306 e. The van der Waals surface area contributed by atoms with Crippen molar-refractivity contribution in [3.8, 4) is 0 Å². The van der Waals surface area contributed by atoms with Gasteiger partial charge in [0.25, 0.3) is 0 Å². The van der Waals surface area contributed by atoms with Gasteiger partial charge in [-0.2, -0.15) is 0 Å². The highest BCUT2D eigenvalue weighted by Gasteiger charge is 2.26. The number of benzene rings is 1. The molecule has 0 aliphatic carbocycles. The molecular weight excluding hydrogens is 239 g/mol. The molecule has 0 aromatic heterocycles. The first-order chi connectivity index (χ1) is 6.83. The van der Waals surface area contributed by atoms with Gasteiger partial charge in [0.1, 0.15) is 0 Å². The van der Waals surface area contributed by atoms with Crippen LogP contribution in [0.3, 0.4) is 0 Å². The first-order valence-electron chi connectivity index (χ1n) is 4.22. The molecule has 0 saturated carbocycles. The minimum atomic E-state index is -1.44. The number of carboxylic acids is 1. The van der Waals surface area contributed by atoms with Crippen LogP contribution in [-0.4, -0.2) is 16.2 Å². The Bertz CT molecular complexity index is 388. The van der Waals surface area contributed by atoms with Crippen LogP contribution in [0.1, 0.15) is 18.9 Å². The summed E-state index contributed by atoms with van der Waals surface area (Å²) in [6, 6.07) is 4.54. The minimum Gasteiger partial charge on any atom is -0.481 e. The molecule has 1 atom stereocenters. The fourth-order valence-electron chi connectivity index (χ4n) is 1.23. The molecule has 2 N–H and O–H groups in total. The Labute approximate surface area is 97.2 Å². The molecule has 82 valence electrons. The number of aliphatic hydroxyl groups is 1. The second-order valence-corrected chi connectivity index (χ2v) is 4.29. The van der Waals surface area contributed by atoms with E-state index in [0.29, 0.717) is 15.6 Å². The van der Waals surface area contributed by atoms with Crippen molar-refractivity contribution in [2.24, 2.45) is 0 Å². The molecule has 0 saturated heterocycles. The van der Waals surface area contributed by atoms with E-state index in [-0.39, 0.29) is 6.42 Å². The third-order valence-electron chi connectivity index (χ3n) is 2.04. The molecule has 0 bridgehead atoms. The molecular formula is C10H10Cl2O3. The van der Waals surface area contributed by atoms with Gasteiger partial charge in [-0.1, -0.05) is 29.3 Å². The summed E-state index contributed by atoms with van der Waals surface area (Å²) in [6.07, 6.45) is -0.384. The standard InChI is InChI=1S/C10H10Cl2O3/c1-10(15,5-9(13)14)6-2-3-7(11)8(12)4-6/h2-4,15H,5H2,1H3,(H,13,14). The maximum absolute atomic E-state index is 10.5. The first kappa shape index (κ1) is 12.3. The lowest BCUT2D eigenvalue weighted by Crippen LogP contribution is -2.24. The van der Waals surface area contributed by atoms with Crippen LogP contribution in [0.25, 0.3) is 0 Å². The topological polar surface area (TPSA) is 57.5 Å². The van der Waals surface area contributed by atoms with Crippen LogP contribution in [0.15, 0.2) is 18.2 Å². The molecule has 0 aliphatic heterocycles. The van der Waals surface area contributed by atoms with Crippen LogP contribution in [-0.2, 0) is 10.4 Å². The summed E-state index contributed by atoms with van der Waals surface area (Å²) >= 11 is 11.5. The summed E-state index contributed by atoms with van der Waals surface area (Å²) in [4.78, 5) is 10.5. The molecule has 1 unspecified atom stereocenters. The van der Waals surface area contributed by atoms with E-state index in [0.717, 1.165) is 0 Å². The highest BCUT2D eigenvalue weighted by molar-refractivity contribution is 6.42. The Kier molecular flexibility index (Phi) is 3.60. The number of carbonyl (C=O) groups is 1. The van der Waals surface area contributed by atoms with Gasteiger partial charge in [0.2, 0.25) is 0 Å². The van der Waals surface area contributed by atoms with Gasteiger partial charge < -0.3 is 10.2 Å². The summed E-state index contributed by atoms with van der Waals surface area (Å²) in [5, 5.41) is 19.2. The molecule has 0 aliphatic rings. The van der Waals surface area contributed by atoms with E-state index < -0.39 is 11.6 Å². The van der Waals surface area contributed by atoms with Crippen LogP contribution >= 0.6 is 23.2 Å². The third-order valence-corrected chi connectivity index (χ3v) is 2.78. The maximum Gasteiger partial charge on any atom is 0.306 e. The fourth-order valence-corrected chi connectivity index (χ4v) is 1.53. The SMILES string of the molecule is CC(O)(CC(=O)O)c1ccc(Cl)c(Cl)c1. The van der Waals surface area contributed by atoms with E-state index in [1.807, 2.05) is 0 Å². The Morgan fingerprint density at radius 2 is 2.00 bits per heavy atom. The van der Waals surface area contributed by atoms with Crippen LogP contribution in [0.2, 0.25) is 10.0 Å². The summed E-state index contributed by atoms with van der Waals surface area (Å²) in [5.41, 5.74) is -1.01. The monoisotopic (exact) mass is 248 g/mol. The lowest BCUT2D eigenvalue weighted by molar-refractivity contribution is -0.142. The van der Waals surface area contributed by atoms with E-state index in [2.05, 4.69) is 0 Å². The highest BCUT2D eigenvalue weighted by Crippen LogP contribution is 2.30. The quantitative estimate of drug-likeness (QED) is 0.865. The zero-order chi connectivity index (χ0) is 11.6. The molecule has 0 fully saturated rings. The Hall–Kier alpha value is -0.770. The van der Waals surface area contributed by atoms with Crippen molar-refractivity contribution < 1.29 is 15.0 Å². The molecule has 5 heteroatoms. The summed E-state index contributed by atoms with van der Waals surface area (Å²) in [5.74, 6) is -1.08. The molecule has 0 radical (unpaired) electrons. The maximum atomic E-state index is 10.5. The highest BCUT2D eigenvalue weighted by atomic mass is 35.5. The van der Waals surface area contributed by atoms with E-state index in [4.69, 9.17) is 28.3 Å². The average Bonchev–Trinajstić information content (AvgIpc) is 2.07. The second-order valence-electron chi connectivity index (χ2n) is 3.47. The predicted molar refractivity (Wildman–Crippen MR) is 58.3 cm³/mol. The zero-order valence-corrected chi connectivity index (χ0v) is 9.51. The lowest BCUT2D eigenvalue weighted by Gasteiger charge is -2.21. The molecule has 15 heavy (non-hydrogen) atoms. The van der Waals surface area contributed by atoms with Gasteiger partial charge in [0.05, 0.1) is 22.1 Å². The molecule has 3 nitrogen and oxygen atoms in total. The van der Waals surface area contributed by atoms with Crippen LogP contribution in [0, 0.1) is 0 Å². The van der Waals surface area contributed by atoms with Crippen LogP contribution < -0.4 is 0 Å². The van der Waals surface area contributed by atoms with Crippen molar-refractivity contribution in [2.75, 3.05) is 0 Å². The second kappa shape index (κ2) is 4.39. The minimum absolute atomic E-state index is 0.292. The average molecular weight is 249 g/mol. The summed E-state index contributed by atoms with van der Waals surface area (Å²) in [6.45, 7) is 1.42. The van der Waals surface area contributed by atoms with Gasteiger partial charge in [-0.3, -0.25) is 4.79 Å².